The van der Waals surface area contributed by atoms with Crippen LogP contribution in [0.3, 0.4) is 0 Å². The van der Waals surface area contributed by atoms with Crippen molar-refractivity contribution < 1.29 is 23.5 Å². The lowest BCUT2D eigenvalue weighted by atomic mass is 10.1. The Labute approximate surface area is 171 Å². The average molecular weight is 408 g/mol. The molecule has 6 N–H and O–H groups in total. The highest BCUT2D eigenvalue weighted by Crippen LogP contribution is 2.23. The number of benzene rings is 2. The Hall–Kier alpha value is -4.14. The molecule has 30 heavy (non-hydrogen) atoms. The SMILES string of the molecule is N=C(N)c1ccc2cc(OC(=O)c3ccc(CNC(=O)CCC(N)=O)o3)ccc2c1. The van der Waals surface area contributed by atoms with Crippen LogP contribution in [0.4, 0.5) is 0 Å². The zero-order valence-corrected chi connectivity index (χ0v) is 15.9. The van der Waals surface area contributed by atoms with Crippen LogP contribution in [-0.4, -0.2) is 23.6 Å². The van der Waals surface area contributed by atoms with Gasteiger partial charge in [0.05, 0.1) is 6.54 Å². The predicted octanol–water partition coefficient (Wildman–Crippen LogP) is 1.82. The zero-order valence-electron chi connectivity index (χ0n) is 15.9. The number of primary amides is 1. The molecule has 0 fully saturated rings. The van der Waals surface area contributed by atoms with E-state index in [1.165, 1.54) is 6.07 Å². The van der Waals surface area contributed by atoms with Gasteiger partial charge in [-0.3, -0.25) is 15.0 Å². The highest BCUT2D eigenvalue weighted by molar-refractivity contribution is 5.99. The zero-order chi connectivity index (χ0) is 21.7. The van der Waals surface area contributed by atoms with E-state index in [9.17, 15) is 14.4 Å². The summed E-state index contributed by atoms with van der Waals surface area (Å²) in [5.74, 6) is -0.917. The Morgan fingerprint density at radius 2 is 1.70 bits per heavy atom. The second-order valence-electron chi connectivity index (χ2n) is 6.54. The van der Waals surface area contributed by atoms with Gasteiger partial charge in [0.25, 0.3) is 0 Å². The highest BCUT2D eigenvalue weighted by atomic mass is 16.5. The molecule has 0 aliphatic carbocycles. The summed E-state index contributed by atoms with van der Waals surface area (Å²) in [6.45, 7) is 0.0688. The first-order chi connectivity index (χ1) is 14.3. The molecule has 0 aliphatic rings. The molecule has 0 bridgehead atoms. The number of rotatable bonds is 8. The summed E-state index contributed by atoms with van der Waals surface area (Å²) in [4.78, 5) is 34.6. The van der Waals surface area contributed by atoms with Crippen LogP contribution in [0.15, 0.2) is 52.9 Å². The monoisotopic (exact) mass is 408 g/mol. The van der Waals surface area contributed by atoms with E-state index in [1.54, 1.807) is 42.5 Å². The third kappa shape index (κ3) is 5.22. The Morgan fingerprint density at radius 3 is 2.43 bits per heavy atom. The molecule has 9 heteroatoms. The van der Waals surface area contributed by atoms with E-state index < -0.39 is 11.9 Å². The topological polar surface area (TPSA) is 162 Å². The quantitative estimate of drug-likeness (QED) is 0.192. The maximum absolute atomic E-state index is 12.3. The van der Waals surface area contributed by atoms with Gasteiger partial charge in [0.15, 0.2) is 0 Å². The van der Waals surface area contributed by atoms with Crippen molar-refractivity contribution in [2.75, 3.05) is 0 Å². The van der Waals surface area contributed by atoms with Gasteiger partial charge in [-0.15, -0.1) is 0 Å². The van der Waals surface area contributed by atoms with Crippen molar-refractivity contribution in [1.82, 2.24) is 5.32 Å². The predicted molar refractivity (Wildman–Crippen MR) is 109 cm³/mol. The Bertz CT molecular complexity index is 1140. The number of fused-ring (bicyclic) bond motifs is 1. The lowest BCUT2D eigenvalue weighted by Crippen LogP contribution is -2.24. The van der Waals surface area contributed by atoms with E-state index in [4.69, 9.17) is 26.0 Å². The summed E-state index contributed by atoms with van der Waals surface area (Å²) in [5, 5.41) is 11.7. The molecule has 0 aliphatic heterocycles. The summed E-state index contributed by atoms with van der Waals surface area (Å²) >= 11 is 0. The van der Waals surface area contributed by atoms with Gasteiger partial charge in [0.2, 0.25) is 17.6 Å². The van der Waals surface area contributed by atoms with Crippen molar-refractivity contribution in [3.8, 4) is 5.75 Å². The van der Waals surface area contributed by atoms with Gasteiger partial charge in [-0.2, -0.15) is 0 Å². The van der Waals surface area contributed by atoms with Crippen molar-refractivity contribution in [2.24, 2.45) is 11.5 Å². The molecule has 2 amide bonds. The molecule has 0 unspecified atom stereocenters. The van der Waals surface area contributed by atoms with Crippen molar-refractivity contribution in [1.29, 1.82) is 5.41 Å². The normalized spacial score (nSPS) is 10.5. The fraction of sp³-hybridized carbons (Fsp3) is 0.143. The Kier molecular flexibility index (Phi) is 6.11. The first-order valence-electron chi connectivity index (χ1n) is 9.06. The molecular formula is C21H20N4O5. The van der Waals surface area contributed by atoms with Gasteiger partial charge >= 0.3 is 5.97 Å². The van der Waals surface area contributed by atoms with Crippen LogP contribution in [0, 0.1) is 5.41 Å². The molecule has 3 rings (SSSR count). The molecular weight excluding hydrogens is 388 g/mol. The number of nitrogens with two attached hydrogens (primary N) is 2. The first-order valence-corrected chi connectivity index (χ1v) is 9.06. The number of esters is 1. The smallest absolute Gasteiger partial charge is 0.379 e. The van der Waals surface area contributed by atoms with Gasteiger partial charge in [0, 0.05) is 18.4 Å². The van der Waals surface area contributed by atoms with Crippen LogP contribution in [-0.2, 0) is 16.1 Å². The van der Waals surface area contributed by atoms with Crippen LogP contribution in [0.5, 0.6) is 5.75 Å². The summed E-state index contributed by atoms with van der Waals surface area (Å²) in [5.41, 5.74) is 11.1. The molecule has 3 aromatic rings. The van der Waals surface area contributed by atoms with E-state index >= 15 is 0 Å². The highest BCUT2D eigenvalue weighted by Gasteiger charge is 2.15. The fourth-order valence-electron chi connectivity index (χ4n) is 2.71. The van der Waals surface area contributed by atoms with Crippen LogP contribution < -0.4 is 21.5 Å². The minimum atomic E-state index is -0.680. The minimum absolute atomic E-state index is 0.0107. The average Bonchev–Trinajstić information content (AvgIpc) is 3.19. The van der Waals surface area contributed by atoms with Crippen molar-refractivity contribution in [2.45, 2.75) is 19.4 Å². The first kappa shape index (κ1) is 20.6. The van der Waals surface area contributed by atoms with Gasteiger partial charge in [-0.05, 0) is 41.1 Å². The number of amides is 2. The largest absolute Gasteiger partial charge is 0.452 e. The van der Waals surface area contributed by atoms with Gasteiger partial charge in [0.1, 0.15) is 17.3 Å². The molecule has 0 atom stereocenters. The number of hydrogen-bond acceptors (Lipinski definition) is 6. The van der Waals surface area contributed by atoms with Crippen LogP contribution in [0.1, 0.15) is 34.7 Å². The van der Waals surface area contributed by atoms with Crippen LogP contribution >= 0.6 is 0 Å². The van der Waals surface area contributed by atoms with Crippen LogP contribution in [0.2, 0.25) is 0 Å². The number of ether oxygens (including phenoxy) is 1. The molecule has 0 spiro atoms. The molecule has 154 valence electrons. The lowest BCUT2D eigenvalue weighted by Gasteiger charge is -2.06. The van der Waals surface area contributed by atoms with Crippen molar-refractivity contribution in [3.63, 3.8) is 0 Å². The van der Waals surface area contributed by atoms with Crippen LogP contribution in [0.25, 0.3) is 10.8 Å². The fourth-order valence-corrected chi connectivity index (χ4v) is 2.71. The Morgan fingerprint density at radius 1 is 0.967 bits per heavy atom. The molecule has 1 aromatic heterocycles. The van der Waals surface area contributed by atoms with Gasteiger partial charge in [-0.1, -0.05) is 18.2 Å². The van der Waals surface area contributed by atoms with E-state index in [-0.39, 0.29) is 36.9 Å². The molecule has 9 nitrogen and oxygen atoms in total. The number of amidine groups is 1. The van der Waals surface area contributed by atoms with Gasteiger partial charge in [-0.25, -0.2) is 4.79 Å². The summed E-state index contributed by atoms with van der Waals surface area (Å²) < 4.78 is 10.8. The number of hydrogen-bond donors (Lipinski definition) is 4. The number of carbonyl (C=O) groups excluding carboxylic acids is 3. The molecule has 0 saturated heterocycles. The second kappa shape index (κ2) is 8.91. The van der Waals surface area contributed by atoms with E-state index in [0.29, 0.717) is 17.1 Å². The summed E-state index contributed by atoms with van der Waals surface area (Å²) in [6.07, 6.45) is -0.0514. The Balaban J connectivity index is 1.61. The number of nitrogen functional groups attached to an aromatic ring is 1. The number of nitrogens with one attached hydrogen (secondary N) is 2. The standard InChI is InChI=1S/C21H20N4O5/c22-18(26)7-8-19(27)25-11-16-5-6-17(29-16)21(28)30-15-4-3-12-9-14(20(23)24)2-1-13(12)10-15/h1-6,9-10H,7-8,11H2,(H2,22,26)(H3,23,24)(H,25,27). The third-order valence-electron chi connectivity index (χ3n) is 4.25. The summed E-state index contributed by atoms with van der Waals surface area (Å²) in [6, 6.07) is 13.4. The van der Waals surface area contributed by atoms with Crippen molar-refractivity contribution >= 4 is 34.4 Å². The third-order valence-corrected chi connectivity index (χ3v) is 4.25. The van der Waals surface area contributed by atoms with E-state index in [2.05, 4.69) is 5.32 Å². The van der Waals surface area contributed by atoms with E-state index in [1.807, 2.05) is 0 Å². The number of furan rings is 1. The maximum Gasteiger partial charge on any atom is 0.379 e. The second-order valence-corrected chi connectivity index (χ2v) is 6.54. The van der Waals surface area contributed by atoms with Gasteiger partial charge < -0.3 is 25.9 Å². The van der Waals surface area contributed by atoms with E-state index in [0.717, 1.165) is 10.8 Å². The summed E-state index contributed by atoms with van der Waals surface area (Å²) in [7, 11) is 0. The maximum atomic E-state index is 12.3. The lowest BCUT2D eigenvalue weighted by molar-refractivity contribution is -0.125. The molecule has 0 saturated carbocycles. The minimum Gasteiger partial charge on any atom is -0.452 e. The van der Waals surface area contributed by atoms with Crippen molar-refractivity contribution in [3.05, 3.63) is 65.6 Å². The molecule has 0 radical (unpaired) electrons. The molecule has 2 aromatic carbocycles. The molecule has 1 heterocycles. The number of carbonyl (C=O) groups is 3.